The van der Waals surface area contributed by atoms with Gasteiger partial charge in [-0.15, -0.1) is 0 Å². The average Bonchev–Trinajstić information content (AvgIpc) is 1.69. The van der Waals surface area contributed by atoms with Gasteiger partial charge in [0.25, 0.3) is 0 Å². The first-order valence-corrected chi connectivity index (χ1v) is 1.88. The molecule has 0 amide bonds. The highest BCUT2D eigenvalue weighted by Crippen LogP contribution is 1.76. The summed E-state index contributed by atoms with van der Waals surface area (Å²) in [7, 11) is 0. The summed E-state index contributed by atoms with van der Waals surface area (Å²) in [4.78, 5) is 0. The molecule has 0 aromatic carbocycles. The molecule has 0 aliphatic rings. The predicted molar refractivity (Wildman–Crippen MR) is 26.2 cm³/mol. The fourth-order valence-corrected chi connectivity index (χ4v) is 0.168. The van der Waals surface area contributed by atoms with Gasteiger partial charge in [-0.2, -0.15) is 0 Å². The quantitative estimate of drug-likeness (QED) is 0.231. The second-order valence-electron chi connectivity index (χ2n) is 0.935. The Kier molecular flexibility index (Phi) is 4.51. The molecule has 38 valence electrons. The zero-order chi connectivity index (χ0) is 5.54. The lowest BCUT2D eigenvalue weighted by Gasteiger charge is -1.74. The van der Waals surface area contributed by atoms with Crippen molar-refractivity contribution in [1.82, 2.24) is 0 Å². The highest BCUT2D eigenvalue weighted by atomic mass is 16.4. The van der Waals surface area contributed by atoms with E-state index in [1.807, 2.05) is 0 Å². The molecule has 0 unspecified atom stereocenters. The van der Waals surface area contributed by atoms with Crippen molar-refractivity contribution in [2.45, 2.75) is 12.8 Å². The second-order valence-corrected chi connectivity index (χ2v) is 0.935. The summed E-state index contributed by atoms with van der Waals surface area (Å²) in [6.07, 6.45) is 5.31. The summed E-state index contributed by atoms with van der Waals surface area (Å²) in [6.45, 7) is 0. The van der Waals surface area contributed by atoms with Crippen LogP contribution < -0.4 is 0 Å². The van der Waals surface area contributed by atoms with E-state index in [1.54, 1.807) is 0 Å². The molecule has 2 radical (unpaired) electrons. The van der Waals surface area contributed by atoms with Gasteiger partial charge in [0.2, 0.25) is 0 Å². The van der Waals surface area contributed by atoms with Crippen LogP contribution in [0, 0.1) is 5.41 Å². The molecule has 2 N–H and O–H groups in total. The summed E-state index contributed by atoms with van der Waals surface area (Å²) >= 11 is 0. The van der Waals surface area contributed by atoms with Gasteiger partial charge >= 0.3 is 0 Å². The smallest absolute Gasteiger partial charge is 0.105 e. The lowest BCUT2D eigenvalue weighted by atomic mass is 10.4. The lowest BCUT2D eigenvalue weighted by molar-refractivity contribution is 0.320. The van der Waals surface area contributed by atoms with Gasteiger partial charge in [-0.3, -0.25) is 0 Å². The van der Waals surface area contributed by atoms with Crippen LogP contribution in [-0.2, 0) is 0 Å². The van der Waals surface area contributed by atoms with Gasteiger partial charge in [-0.25, -0.2) is 0 Å². The molecule has 0 bridgehead atoms. The van der Waals surface area contributed by atoms with Crippen LogP contribution in [0.4, 0.5) is 0 Å². The van der Waals surface area contributed by atoms with Crippen molar-refractivity contribution >= 4 is 12.4 Å². The van der Waals surface area contributed by atoms with Gasteiger partial charge in [0.1, 0.15) is 6.21 Å². The average molecular weight is 98.1 g/mol. The molecule has 0 spiro atoms. The first kappa shape index (κ1) is 6.14. The zero-order valence-electron chi connectivity index (χ0n) is 3.81. The number of hydrogen-bond acceptors (Lipinski definition) is 3. The molecule has 0 atom stereocenters. The molecule has 0 fully saturated rings. The molecule has 0 aliphatic carbocycles. The van der Waals surface area contributed by atoms with E-state index >= 15 is 0 Å². The fraction of sp³-hybridized carbons (Fsp3) is 0.500. The van der Waals surface area contributed by atoms with Crippen molar-refractivity contribution in [3.63, 3.8) is 0 Å². The first-order valence-electron chi connectivity index (χ1n) is 1.88. The predicted octanol–water partition coefficient (Wildman–Crippen LogP) is 0.630. The maximum Gasteiger partial charge on any atom is 0.105 e. The molecule has 0 heterocycles. The normalized spacial score (nSPS) is 9.71. The summed E-state index contributed by atoms with van der Waals surface area (Å²) in [5.41, 5.74) is 0. The van der Waals surface area contributed by atoms with Gasteiger partial charge in [-0.05, 0) is 6.42 Å². The van der Waals surface area contributed by atoms with Gasteiger partial charge in [0, 0.05) is 6.42 Å². The molecule has 0 aromatic rings. The maximum absolute atomic E-state index is 7.72. The van der Waals surface area contributed by atoms with Crippen molar-refractivity contribution in [2.75, 3.05) is 0 Å². The topological polar surface area (TPSA) is 56.4 Å². The Bertz CT molecular complexity index is 70.1. The number of nitrogens with zero attached hydrogens (tertiary/aromatic N) is 1. The Labute approximate surface area is 42.2 Å². The summed E-state index contributed by atoms with van der Waals surface area (Å²) in [5.74, 6) is 0. The van der Waals surface area contributed by atoms with Crippen LogP contribution in [0.25, 0.3) is 0 Å². The van der Waals surface area contributed by atoms with E-state index in [4.69, 9.17) is 10.6 Å². The van der Waals surface area contributed by atoms with E-state index in [0.717, 1.165) is 0 Å². The van der Waals surface area contributed by atoms with Gasteiger partial charge in [-0.1, -0.05) is 5.16 Å². The Balaban J connectivity index is 2.82. The number of rotatable bonds is 3. The minimum Gasteiger partial charge on any atom is -0.411 e. The molecule has 3 heteroatoms. The third-order valence-electron chi connectivity index (χ3n) is 0.433. The van der Waals surface area contributed by atoms with Crippen LogP contribution in [0.15, 0.2) is 5.16 Å². The minimum atomic E-state index is 0.472. The van der Waals surface area contributed by atoms with Gasteiger partial charge < -0.3 is 10.6 Å². The number of hydrogen-bond donors (Lipinski definition) is 2. The van der Waals surface area contributed by atoms with Crippen molar-refractivity contribution in [3.8, 4) is 0 Å². The fourth-order valence-electron chi connectivity index (χ4n) is 0.168. The SMILES string of the molecule is N=[C]CC/[C]=N/O. The third-order valence-corrected chi connectivity index (χ3v) is 0.433. The van der Waals surface area contributed by atoms with E-state index < -0.39 is 0 Å². The van der Waals surface area contributed by atoms with Crippen molar-refractivity contribution in [3.05, 3.63) is 0 Å². The lowest BCUT2D eigenvalue weighted by Crippen LogP contribution is -1.74. The number of unbranched alkanes of at least 4 members (excludes halogenated alkanes) is 1. The van der Waals surface area contributed by atoms with E-state index in [2.05, 4.69) is 17.6 Å². The van der Waals surface area contributed by atoms with Crippen molar-refractivity contribution in [1.29, 1.82) is 5.41 Å². The van der Waals surface area contributed by atoms with Crippen LogP contribution in [0.3, 0.4) is 0 Å². The largest absolute Gasteiger partial charge is 0.411 e. The van der Waals surface area contributed by atoms with Crippen LogP contribution in [0.1, 0.15) is 12.8 Å². The van der Waals surface area contributed by atoms with Gasteiger partial charge in [0.15, 0.2) is 0 Å². The van der Waals surface area contributed by atoms with Crippen LogP contribution in [0.5, 0.6) is 0 Å². The Morgan fingerprint density at radius 2 is 2.29 bits per heavy atom. The van der Waals surface area contributed by atoms with Crippen LogP contribution in [0.2, 0.25) is 0 Å². The van der Waals surface area contributed by atoms with E-state index in [1.165, 1.54) is 0 Å². The standard InChI is InChI=1S/C4H6N2O/c5-3-1-2-4-6-7/h5,7H,1-2H2. The molecule has 0 rings (SSSR count). The molecule has 0 saturated carbocycles. The second kappa shape index (κ2) is 5.14. The van der Waals surface area contributed by atoms with Crippen molar-refractivity contribution < 1.29 is 5.21 Å². The first-order chi connectivity index (χ1) is 3.41. The molecule has 0 aromatic heterocycles. The molecular weight excluding hydrogens is 92.1 g/mol. The maximum atomic E-state index is 7.72. The molecule has 3 nitrogen and oxygen atoms in total. The molecular formula is C4H6N2O. The molecule has 0 aliphatic heterocycles. The summed E-state index contributed by atoms with van der Waals surface area (Å²) < 4.78 is 0. The Morgan fingerprint density at radius 3 is 2.71 bits per heavy atom. The summed E-state index contributed by atoms with van der Waals surface area (Å²) in [5, 5.41) is 16.7. The van der Waals surface area contributed by atoms with Crippen LogP contribution >= 0.6 is 0 Å². The van der Waals surface area contributed by atoms with Crippen molar-refractivity contribution in [2.24, 2.45) is 5.16 Å². The van der Waals surface area contributed by atoms with E-state index in [-0.39, 0.29) is 0 Å². The minimum absolute atomic E-state index is 0.472. The zero-order valence-corrected chi connectivity index (χ0v) is 3.81. The Morgan fingerprint density at radius 1 is 1.57 bits per heavy atom. The summed E-state index contributed by atoms with van der Waals surface area (Å²) in [6, 6.07) is 0. The van der Waals surface area contributed by atoms with Gasteiger partial charge in [0.05, 0.1) is 6.21 Å². The van der Waals surface area contributed by atoms with E-state index in [9.17, 15) is 0 Å². The third kappa shape index (κ3) is 5.14. The monoisotopic (exact) mass is 98.0 g/mol. The molecule has 0 saturated heterocycles. The Hall–Kier alpha value is -0.860. The highest BCUT2D eigenvalue weighted by Gasteiger charge is 1.74. The molecule has 7 heavy (non-hydrogen) atoms. The highest BCUT2D eigenvalue weighted by molar-refractivity contribution is 5.63. The van der Waals surface area contributed by atoms with E-state index in [0.29, 0.717) is 12.8 Å². The van der Waals surface area contributed by atoms with Crippen LogP contribution in [-0.4, -0.2) is 17.6 Å². The number of nitrogens with one attached hydrogen (secondary N) is 1.